The van der Waals surface area contributed by atoms with E-state index in [-0.39, 0.29) is 0 Å². The number of thioether (sulfide) groups is 1. The smallest absolute Gasteiger partial charge is 0.423 e. The number of hydrogen-bond donors (Lipinski definition) is 2. The van der Waals surface area contributed by atoms with Gasteiger partial charge in [0.2, 0.25) is 0 Å². The Labute approximate surface area is 121 Å². The van der Waals surface area contributed by atoms with Crippen LogP contribution in [0.5, 0.6) is 0 Å². The monoisotopic (exact) mass is 301 g/mol. The number of hydrogen-bond acceptors (Lipinski definition) is 4. The van der Waals surface area contributed by atoms with Gasteiger partial charge in [-0.1, -0.05) is 48.6 Å². The zero-order valence-electron chi connectivity index (χ0n) is 9.90. The summed E-state index contributed by atoms with van der Waals surface area (Å²) in [4.78, 5) is 0. The first kappa shape index (κ1) is 14.2. The number of anilines is 1. The first-order valence-corrected chi connectivity index (χ1v) is 7.45. The fourth-order valence-electron chi connectivity index (χ4n) is 1.72. The Morgan fingerprint density at radius 1 is 1.67 bits per heavy atom. The van der Waals surface area contributed by atoms with Crippen LogP contribution < -0.4 is 10.8 Å². The molecule has 0 fully saturated rings. The van der Waals surface area contributed by atoms with Gasteiger partial charge in [-0.2, -0.15) is 0 Å². The van der Waals surface area contributed by atoms with Gasteiger partial charge in [-0.3, -0.25) is 0 Å². The predicted molar refractivity (Wildman–Crippen MR) is 82.8 cm³/mol. The molecule has 1 aliphatic heterocycles. The molecule has 0 spiro atoms. The van der Waals surface area contributed by atoms with Crippen LogP contribution in [0.25, 0.3) is 0 Å². The van der Waals surface area contributed by atoms with E-state index in [1.165, 1.54) is 0 Å². The van der Waals surface area contributed by atoms with Crippen molar-refractivity contribution in [2.24, 2.45) is 0 Å². The Morgan fingerprint density at radius 2 is 2.44 bits per heavy atom. The van der Waals surface area contributed by atoms with Gasteiger partial charge in [0.25, 0.3) is 0 Å². The van der Waals surface area contributed by atoms with Crippen LogP contribution in [0, 0.1) is 0 Å². The van der Waals surface area contributed by atoms with Gasteiger partial charge < -0.3 is 15.0 Å². The van der Waals surface area contributed by atoms with E-state index in [2.05, 4.69) is 12.2 Å². The molecule has 1 heterocycles. The average molecular weight is 302 g/mol. The lowest BCUT2D eigenvalue weighted by molar-refractivity contribution is 0.275. The number of nitrogens with one attached hydrogen (secondary N) is 1. The molecule has 0 atom stereocenters. The van der Waals surface area contributed by atoms with Crippen molar-refractivity contribution in [1.82, 2.24) is 0 Å². The molecule has 0 aliphatic carbocycles. The Morgan fingerprint density at radius 3 is 3.17 bits per heavy atom. The summed E-state index contributed by atoms with van der Waals surface area (Å²) in [5, 5.41) is 13.3. The van der Waals surface area contributed by atoms with Crippen LogP contribution in [-0.4, -0.2) is 22.2 Å². The Kier molecular flexibility index (Phi) is 4.92. The summed E-state index contributed by atoms with van der Waals surface area (Å²) in [5.41, 5.74) is 2.28. The minimum atomic E-state index is -0.939. The molecule has 96 valence electrons. The summed E-state index contributed by atoms with van der Waals surface area (Å²) < 4.78 is 5.82. The van der Waals surface area contributed by atoms with E-state index in [0.717, 1.165) is 17.7 Å². The largest absolute Gasteiger partial charge is 0.493 e. The highest BCUT2D eigenvalue weighted by Gasteiger charge is 2.31. The summed E-state index contributed by atoms with van der Waals surface area (Å²) in [7, 11) is -0.939. The number of thiocarbonyl (C=S) groups is 1. The molecule has 0 unspecified atom stereocenters. The van der Waals surface area contributed by atoms with Crippen molar-refractivity contribution in [2.45, 2.75) is 20.0 Å². The lowest BCUT2D eigenvalue weighted by Gasteiger charge is -2.11. The third-order valence-corrected chi connectivity index (χ3v) is 4.43. The van der Waals surface area contributed by atoms with E-state index < -0.39 is 7.12 Å². The molecule has 0 saturated heterocycles. The van der Waals surface area contributed by atoms with Crippen molar-refractivity contribution in [3.8, 4) is 0 Å². The number of benzene rings is 1. The minimum absolute atomic E-state index is 0.394. The second-order valence-electron chi connectivity index (χ2n) is 3.92. The summed E-state index contributed by atoms with van der Waals surface area (Å²) in [6, 6.07) is 3.76. The van der Waals surface area contributed by atoms with Crippen molar-refractivity contribution in [1.29, 1.82) is 0 Å². The third kappa shape index (κ3) is 3.00. The summed E-state index contributed by atoms with van der Waals surface area (Å²) in [6.07, 6.45) is 1.07. The van der Waals surface area contributed by atoms with Gasteiger partial charge in [-0.15, -0.1) is 0 Å². The van der Waals surface area contributed by atoms with Gasteiger partial charge in [0.15, 0.2) is 0 Å². The molecule has 1 aromatic rings. The molecule has 0 bridgehead atoms. The van der Waals surface area contributed by atoms with Gasteiger partial charge >= 0.3 is 7.12 Å². The van der Waals surface area contributed by atoms with Crippen molar-refractivity contribution >= 4 is 58.2 Å². The van der Waals surface area contributed by atoms with Crippen LogP contribution in [0.2, 0.25) is 5.02 Å². The van der Waals surface area contributed by atoms with Crippen LogP contribution in [0.3, 0.4) is 0 Å². The first-order chi connectivity index (χ1) is 8.63. The summed E-state index contributed by atoms with van der Waals surface area (Å²) >= 11 is 13.1. The van der Waals surface area contributed by atoms with Crippen LogP contribution >= 0.6 is 35.6 Å². The predicted octanol–water partition coefficient (Wildman–Crippen LogP) is 2.40. The van der Waals surface area contributed by atoms with Crippen LogP contribution in [-0.2, 0) is 11.3 Å². The van der Waals surface area contributed by atoms with Crippen molar-refractivity contribution < 1.29 is 9.68 Å². The van der Waals surface area contributed by atoms with Gasteiger partial charge in [0.1, 0.15) is 4.32 Å². The molecule has 0 amide bonds. The van der Waals surface area contributed by atoms with Crippen molar-refractivity contribution in [2.75, 3.05) is 11.1 Å². The normalized spacial score (nSPS) is 13.6. The number of halogens is 1. The van der Waals surface area contributed by atoms with E-state index in [4.69, 9.17) is 28.5 Å². The Bertz CT molecular complexity index is 473. The molecule has 3 nitrogen and oxygen atoms in total. The molecule has 2 N–H and O–H groups in total. The SMILES string of the molecule is CCCSC(=S)Nc1ccc2c(c1Cl)B(O)OC2. The van der Waals surface area contributed by atoms with E-state index in [1.807, 2.05) is 12.1 Å². The van der Waals surface area contributed by atoms with Crippen molar-refractivity contribution in [3.63, 3.8) is 0 Å². The fraction of sp³-hybridized carbons (Fsp3) is 0.364. The second kappa shape index (κ2) is 6.26. The lowest BCUT2D eigenvalue weighted by atomic mass is 9.79. The van der Waals surface area contributed by atoms with E-state index >= 15 is 0 Å². The molecule has 0 radical (unpaired) electrons. The Balaban J connectivity index is 2.15. The lowest BCUT2D eigenvalue weighted by Crippen LogP contribution is -2.29. The van der Waals surface area contributed by atoms with Crippen LogP contribution in [0.1, 0.15) is 18.9 Å². The van der Waals surface area contributed by atoms with E-state index in [1.54, 1.807) is 11.8 Å². The van der Waals surface area contributed by atoms with Crippen molar-refractivity contribution in [3.05, 3.63) is 22.7 Å². The second-order valence-corrected chi connectivity index (χ2v) is 6.07. The summed E-state index contributed by atoms with van der Waals surface area (Å²) in [5.74, 6) is 0.972. The highest BCUT2D eigenvalue weighted by atomic mass is 35.5. The fourth-order valence-corrected chi connectivity index (χ4v) is 2.97. The van der Waals surface area contributed by atoms with Crippen LogP contribution in [0.15, 0.2) is 12.1 Å². The molecule has 1 aliphatic rings. The molecule has 2 rings (SSSR count). The molecular formula is C11H13BClNO2S2. The van der Waals surface area contributed by atoms with Crippen LogP contribution in [0.4, 0.5) is 5.69 Å². The van der Waals surface area contributed by atoms with E-state index in [0.29, 0.717) is 27.1 Å². The molecule has 0 aromatic heterocycles. The molecule has 1 aromatic carbocycles. The zero-order chi connectivity index (χ0) is 13.1. The highest BCUT2D eigenvalue weighted by molar-refractivity contribution is 8.23. The maximum Gasteiger partial charge on any atom is 0.493 e. The Hall–Kier alpha value is -0.265. The molecule has 18 heavy (non-hydrogen) atoms. The highest BCUT2D eigenvalue weighted by Crippen LogP contribution is 2.26. The minimum Gasteiger partial charge on any atom is -0.423 e. The summed E-state index contributed by atoms with van der Waals surface area (Å²) in [6.45, 7) is 2.50. The topological polar surface area (TPSA) is 41.5 Å². The molecule has 0 saturated carbocycles. The molecule has 7 heteroatoms. The first-order valence-electron chi connectivity index (χ1n) is 5.68. The quantitative estimate of drug-likeness (QED) is 0.663. The van der Waals surface area contributed by atoms with Gasteiger partial charge in [-0.05, 0) is 23.8 Å². The maximum absolute atomic E-state index is 9.69. The zero-order valence-corrected chi connectivity index (χ0v) is 12.3. The van der Waals surface area contributed by atoms with Gasteiger partial charge in [0, 0.05) is 5.46 Å². The maximum atomic E-state index is 9.69. The standard InChI is InChI=1S/C11H13BClNO2S2/c1-2-5-18-11(17)14-8-4-3-7-6-16-12(15)9(7)10(8)13/h3-4,15H,2,5-6H2,1H3,(H,14,17). The average Bonchev–Trinajstić information content (AvgIpc) is 2.73. The third-order valence-electron chi connectivity index (χ3n) is 2.59. The number of fused-ring (bicyclic) bond motifs is 1. The van der Waals surface area contributed by atoms with Gasteiger partial charge in [0.05, 0.1) is 17.3 Å². The van der Waals surface area contributed by atoms with E-state index in [9.17, 15) is 5.02 Å². The molecular weight excluding hydrogens is 289 g/mol. The number of rotatable bonds is 3. The van der Waals surface area contributed by atoms with Gasteiger partial charge in [-0.25, -0.2) is 0 Å².